The molecule has 0 atom stereocenters. The lowest BCUT2D eigenvalue weighted by molar-refractivity contribution is 0.0996. The third-order valence-electron chi connectivity index (χ3n) is 2.44. The Morgan fingerprint density at radius 3 is 2.58 bits per heavy atom. The molecular weight excluding hydrogens is 268 g/mol. The summed E-state index contributed by atoms with van der Waals surface area (Å²) in [5.41, 5.74) is 11.4. The zero-order chi connectivity index (χ0) is 14.5. The molecule has 1 aromatic carbocycles. The minimum absolute atomic E-state index is 0.0356. The van der Waals surface area contributed by atoms with E-state index in [1.807, 2.05) is 0 Å². The SMILES string of the molecule is CCCS(=O)(=O)CCOc1cc(N)ccc1C(N)=O. The molecule has 0 spiro atoms. The van der Waals surface area contributed by atoms with Gasteiger partial charge in [0.15, 0.2) is 9.84 Å². The predicted molar refractivity (Wildman–Crippen MR) is 73.8 cm³/mol. The van der Waals surface area contributed by atoms with Gasteiger partial charge in [0.1, 0.15) is 12.4 Å². The topological polar surface area (TPSA) is 112 Å². The van der Waals surface area contributed by atoms with Gasteiger partial charge < -0.3 is 16.2 Å². The highest BCUT2D eigenvalue weighted by molar-refractivity contribution is 7.91. The number of nitrogens with two attached hydrogens (primary N) is 2. The van der Waals surface area contributed by atoms with Crippen LogP contribution in [0, 0.1) is 0 Å². The number of rotatable bonds is 7. The molecular formula is C12H18N2O4S. The molecule has 1 rings (SSSR count). The molecule has 7 heteroatoms. The first kappa shape index (κ1) is 15.3. The summed E-state index contributed by atoms with van der Waals surface area (Å²) in [5.74, 6) is -0.422. The van der Waals surface area contributed by atoms with Gasteiger partial charge in [0.25, 0.3) is 5.91 Å². The largest absolute Gasteiger partial charge is 0.492 e. The maximum absolute atomic E-state index is 11.5. The van der Waals surface area contributed by atoms with Crippen LogP contribution in [0.15, 0.2) is 18.2 Å². The lowest BCUT2D eigenvalue weighted by Crippen LogP contribution is -2.19. The van der Waals surface area contributed by atoms with Crippen molar-refractivity contribution in [1.29, 1.82) is 0 Å². The number of carbonyl (C=O) groups is 1. The second kappa shape index (κ2) is 6.42. The second-order valence-electron chi connectivity index (χ2n) is 4.12. The van der Waals surface area contributed by atoms with E-state index >= 15 is 0 Å². The van der Waals surface area contributed by atoms with Crippen molar-refractivity contribution in [3.63, 3.8) is 0 Å². The molecule has 6 nitrogen and oxygen atoms in total. The van der Waals surface area contributed by atoms with Gasteiger partial charge in [-0.3, -0.25) is 4.79 Å². The van der Waals surface area contributed by atoms with Crippen LogP contribution in [0.5, 0.6) is 5.75 Å². The molecule has 0 radical (unpaired) electrons. The van der Waals surface area contributed by atoms with Gasteiger partial charge in [-0.25, -0.2) is 8.42 Å². The Morgan fingerprint density at radius 1 is 1.32 bits per heavy atom. The third-order valence-corrected chi connectivity index (χ3v) is 4.26. The molecule has 1 aromatic rings. The zero-order valence-electron chi connectivity index (χ0n) is 10.8. The average molecular weight is 286 g/mol. The van der Waals surface area contributed by atoms with Crippen molar-refractivity contribution in [1.82, 2.24) is 0 Å². The predicted octanol–water partition coefficient (Wildman–Crippen LogP) is 0.571. The summed E-state index contributed by atoms with van der Waals surface area (Å²) in [7, 11) is -3.12. The number of sulfone groups is 1. The van der Waals surface area contributed by atoms with Crippen molar-refractivity contribution < 1.29 is 17.9 Å². The van der Waals surface area contributed by atoms with E-state index in [1.165, 1.54) is 18.2 Å². The summed E-state index contributed by atoms with van der Waals surface area (Å²) in [6.45, 7) is 1.76. The molecule has 0 aliphatic carbocycles. The van der Waals surface area contributed by atoms with Crippen LogP contribution in [0.3, 0.4) is 0 Å². The molecule has 0 aliphatic rings. The van der Waals surface area contributed by atoms with Gasteiger partial charge >= 0.3 is 0 Å². The minimum Gasteiger partial charge on any atom is -0.492 e. The van der Waals surface area contributed by atoms with Gasteiger partial charge in [-0.15, -0.1) is 0 Å². The van der Waals surface area contributed by atoms with E-state index in [2.05, 4.69) is 0 Å². The lowest BCUT2D eigenvalue weighted by Gasteiger charge is -2.10. The summed E-state index contributed by atoms with van der Waals surface area (Å²) < 4.78 is 28.3. The molecule has 4 N–H and O–H groups in total. The first-order valence-electron chi connectivity index (χ1n) is 5.88. The summed E-state index contributed by atoms with van der Waals surface area (Å²) in [6.07, 6.45) is 0.563. The van der Waals surface area contributed by atoms with Crippen molar-refractivity contribution in [2.45, 2.75) is 13.3 Å². The summed E-state index contributed by atoms with van der Waals surface area (Å²) in [4.78, 5) is 11.2. The first-order chi connectivity index (χ1) is 8.85. The van der Waals surface area contributed by atoms with E-state index in [9.17, 15) is 13.2 Å². The molecule has 19 heavy (non-hydrogen) atoms. The number of hydrogen-bond donors (Lipinski definition) is 2. The Morgan fingerprint density at radius 2 is 2.00 bits per heavy atom. The smallest absolute Gasteiger partial charge is 0.252 e. The van der Waals surface area contributed by atoms with Gasteiger partial charge in [-0.2, -0.15) is 0 Å². The number of ether oxygens (including phenoxy) is 1. The zero-order valence-corrected chi connectivity index (χ0v) is 11.6. The summed E-state index contributed by atoms with van der Waals surface area (Å²) in [6, 6.07) is 4.43. The van der Waals surface area contributed by atoms with Crippen LogP contribution in [0.2, 0.25) is 0 Å². The number of nitrogen functional groups attached to an aromatic ring is 1. The number of primary amides is 1. The Labute approximate surface area is 112 Å². The van der Waals surface area contributed by atoms with Crippen LogP contribution < -0.4 is 16.2 Å². The van der Waals surface area contributed by atoms with Gasteiger partial charge in [-0.05, 0) is 18.6 Å². The first-order valence-corrected chi connectivity index (χ1v) is 7.70. The molecule has 0 aliphatic heterocycles. The summed E-state index contributed by atoms with van der Waals surface area (Å²) in [5, 5.41) is 0. The van der Waals surface area contributed by atoms with Crippen molar-refractivity contribution in [3.05, 3.63) is 23.8 Å². The average Bonchev–Trinajstić information content (AvgIpc) is 2.28. The molecule has 0 heterocycles. The molecule has 0 saturated carbocycles. The fraction of sp³-hybridized carbons (Fsp3) is 0.417. The maximum Gasteiger partial charge on any atom is 0.252 e. The highest BCUT2D eigenvalue weighted by atomic mass is 32.2. The number of benzene rings is 1. The Hall–Kier alpha value is -1.76. The van der Waals surface area contributed by atoms with E-state index in [4.69, 9.17) is 16.2 Å². The van der Waals surface area contributed by atoms with Crippen LogP contribution >= 0.6 is 0 Å². The Bertz CT molecular complexity index is 555. The van der Waals surface area contributed by atoms with Crippen LogP contribution in [0.1, 0.15) is 23.7 Å². The molecule has 0 fully saturated rings. The van der Waals surface area contributed by atoms with E-state index < -0.39 is 15.7 Å². The van der Waals surface area contributed by atoms with Gasteiger partial charge in [0, 0.05) is 11.8 Å². The maximum atomic E-state index is 11.5. The minimum atomic E-state index is -3.12. The highest BCUT2D eigenvalue weighted by Crippen LogP contribution is 2.21. The van der Waals surface area contributed by atoms with Gasteiger partial charge in [0.2, 0.25) is 0 Å². The Kier molecular flexibility index (Phi) is 5.17. The second-order valence-corrected chi connectivity index (χ2v) is 6.42. The van der Waals surface area contributed by atoms with Crippen LogP contribution in [0.4, 0.5) is 5.69 Å². The molecule has 0 unspecified atom stereocenters. The van der Waals surface area contributed by atoms with Gasteiger partial charge in [-0.1, -0.05) is 6.92 Å². The van der Waals surface area contributed by atoms with Crippen LogP contribution in [-0.2, 0) is 9.84 Å². The Balaban J connectivity index is 2.73. The third kappa shape index (κ3) is 4.78. The van der Waals surface area contributed by atoms with Gasteiger partial charge in [0.05, 0.1) is 17.1 Å². The van der Waals surface area contributed by atoms with Crippen molar-refractivity contribution >= 4 is 21.4 Å². The van der Waals surface area contributed by atoms with Crippen LogP contribution in [-0.4, -0.2) is 32.4 Å². The lowest BCUT2D eigenvalue weighted by atomic mass is 10.2. The van der Waals surface area contributed by atoms with E-state index in [0.717, 1.165) is 0 Å². The standard InChI is InChI=1S/C12H18N2O4S/c1-2-6-19(16,17)7-5-18-11-8-9(13)3-4-10(11)12(14)15/h3-4,8H,2,5-7,13H2,1H3,(H2,14,15). The fourth-order valence-electron chi connectivity index (χ4n) is 1.55. The molecule has 0 aromatic heterocycles. The molecule has 0 bridgehead atoms. The van der Waals surface area contributed by atoms with Crippen molar-refractivity contribution in [2.24, 2.45) is 5.73 Å². The number of amides is 1. The number of anilines is 1. The fourth-order valence-corrected chi connectivity index (χ4v) is 2.72. The molecule has 1 amide bonds. The van der Waals surface area contributed by atoms with Crippen molar-refractivity contribution in [2.75, 3.05) is 23.8 Å². The van der Waals surface area contributed by atoms with E-state index in [0.29, 0.717) is 12.1 Å². The number of hydrogen-bond acceptors (Lipinski definition) is 5. The normalized spacial score (nSPS) is 11.2. The summed E-state index contributed by atoms with van der Waals surface area (Å²) >= 11 is 0. The molecule has 0 saturated heterocycles. The van der Waals surface area contributed by atoms with Crippen LogP contribution in [0.25, 0.3) is 0 Å². The monoisotopic (exact) mass is 286 g/mol. The number of carbonyl (C=O) groups excluding carboxylic acids is 1. The van der Waals surface area contributed by atoms with E-state index in [-0.39, 0.29) is 29.4 Å². The van der Waals surface area contributed by atoms with Crippen molar-refractivity contribution in [3.8, 4) is 5.75 Å². The molecule has 106 valence electrons. The van der Waals surface area contributed by atoms with E-state index in [1.54, 1.807) is 6.92 Å². The highest BCUT2D eigenvalue weighted by Gasteiger charge is 2.13. The quantitative estimate of drug-likeness (QED) is 0.712.